The number of hydrogen-bond acceptors (Lipinski definition) is 3. The van der Waals surface area contributed by atoms with E-state index < -0.39 is 0 Å². The highest BCUT2D eigenvalue weighted by atomic mass is 16.2. The zero-order valence-electron chi connectivity index (χ0n) is 11.8. The molecule has 2 aromatic heterocycles. The minimum absolute atomic E-state index is 0.0415. The Morgan fingerprint density at radius 2 is 2.30 bits per heavy atom. The highest BCUT2D eigenvalue weighted by Gasteiger charge is 2.30. The number of aryl methyl sites for hydroxylation is 2. The summed E-state index contributed by atoms with van der Waals surface area (Å²) >= 11 is 0. The molecule has 1 unspecified atom stereocenters. The predicted molar refractivity (Wildman–Crippen MR) is 75.3 cm³/mol. The molecule has 2 aromatic rings. The molecule has 20 heavy (non-hydrogen) atoms. The number of piperazine rings is 1. The topological polar surface area (TPSA) is 55.1 Å². The Bertz CT molecular complexity index is 615. The van der Waals surface area contributed by atoms with Crippen molar-refractivity contribution < 1.29 is 4.79 Å². The van der Waals surface area contributed by atoms with E-state index in [1.54, 1.807) is 4.68 Å². The highest BCUT2D eigenvalue weighted by molar-refractivity contribution is 5.93. The van der Waals surface area contributed by atoms with Gasteiger partial charge in [0.2, 0.25) is 0 Å². The number of carbonyl (C=O) groups is 1. The Kier molecular flexibility index (Phi) is 3.31. The van der Waals surface area contributed by atoms with Gasteiger partial charge in [0.25, 0.3) is 5.91 Å². The van der Waals surface area contributed by atoms with Crippen LogP contribution < -0.4 is 5.32 Å². The Labute approximate surface area is 118 Å². The molecule has 106 valence electrons. The van der Waals surface area contributed by atoms with E-state index in [1.165, 1.54) is 0 Å². The van der Waals surface area contributed by atoms with Crippen LogP contribution in [0.15, 0.2) is 30.7 Å². The smallest absolute Gasteiger partial charge is 0.271 e. The summed E-state index contributed by atoms with van der Waals surface area (Å²) in [6.07, 6.45) is 5.71. The van der Waals surface area contributed by atoms with E-state index in [4.69, 9.17) is 0 Å². The zero-order valence-corrected chi connectivity index (χ0v) is 11.8. The van der Waals surface area contributed by atoms with Gasteiger partial charge in [-0.05, 0) is 12.1 Å². The van der Waals surface area contributed by atoms with E-state index in [1.807, 2.05) is 54.3 Å². The van der Waals surface area contributed by atoms with Crippen LogP contribution in [0, 0.1) is 0 Å². The Morgan fingerprint density at radius 1 is 1.45 bits per heavy atom. The lowest BCUT2D eigenvalue weighted by Gasteiger charge is -2.35. The lowest BCUT2D eigenvalue weighted by molar-refractivity contribution is 0.0624. The molecule has 0 bridgehead atoms. The van der Waals surface area contributed by atoms with Gasteiger partial charge in [-0.2, -0.15) is 5.10 Å². The monoisotopic (exact) mass is 273 g/mol. The summed E-state index contributed by atoms with van der Waals surface area (Å²) in [6.45, 7) is 2.30. The molecule has 6 heteroatoms. The van der Waals surface area contributed by atoms with Crippen LogP contribution in [0.2, 0.25) is 0 Å². The van der Waals surface area contributed by atoms with Gasteiger partial charge in [-0.25, -0.2) is 0 Å². The summed E-state index contributed by atoms with van der Waals surface area (Å²) < 4.78 is 3.64. The average molecular weight is 273 g/mol. The van der Waals surface area contributed by atoms with Crippen molar-refractivity contribution in [1.29, 1.82) is 0 Å². The fourth-order valence-electron chi connectivity index (χ4n) is 2.69. The minimum atomic E-state index is 0.0415. The van der Waals surface area contributed by atoms with Crippen LogP contribution in [-0.4, -0.2) is 44.8 Å². The van der Waals surface area contributed by atoms with Crippen molar-refractivity contribution in [3.05, 3.63) is 42.0 Å². The normalized spacial score (nSPS) is 19.3. The van der Waals surface area contributed by atoms with E-state index in [9.17, 15) is 4.79 Å². The van der Waals surface area contributed by atoms with Crippen molar-refractivity contribution >= 4 is 5.91 Å². The van der Waals surface area contributed by atoms with Crippen LogP contribution in [0.3, 0.4) is 0 Å². The molecule has 1 aliphatic heterocycles. The molecule has 1 amide bonds. The largest absolute Gasteiger partial charge is 0.347 e. The predicted octanol–water partition coefficient (Wildman–Crippen LogP) is 0.545. The maximum absolute atomic E-state index is 12.7. The second-order valence-corrected chi connectivity index (χ2v) is 5.17. The first-order valence-corrected chi connectivity index (χ1v) is 6.78. The Balaban J connectivity index is 1.89. The van der Waals surface area contributed by atoms with Crippen LogP contribution in [0.4, 0.5) is 0 Å². The van der Waals surface area contributed by atoms with Gasteiger partial charge < -0.3 is 14.8 Å². The van der Waals surface area contributed by atoms with Crippen LogP contribution in [-0.2, 0) is 14.1 Å². The molecule has 0 aromatic carbocycles. The van der Waals surface area contributed by atoms with Gasteiger partial charge in [-0.15, -0.1) is 0 Å². The molecule has 6 nitrogen and oxygen atoms in total. The summed E-state index contributed by atoms with van der Waals surface area (Å²) in [6, 6.07) is 3.80. The third-order valence-corrected chi connectivity index (χ3v) is 3.78. The maximum Gasteiger partial charge on any atom is 0.271 e. The molecule has 1 N–H and O–H groups in total. The van der Waals surface area contributed by atoms with Gasteiger partial charge in [0.15, 0.2) is 0 Å². The average Bonchev–Trinajstić information content (AvgIpc) is 3.07. The van der Waals surface area contributed by atoms with Crippen LogP contribution >= 0.6 is 0 Å². The van der Waals surface area contributed by atoms with Crippen molar-refractivity contribution in [2.45, 2.75) is 6.04 Å². The number of rotatable bonds is 2. The number of carbonyl (C=O) groups excluding carboxylic acids is 1. The quantitative estimate of drug-likeness (QED) is 0.869. The SMILES string of the molecule is Cn1cc(C2CNCCN2C(=O)c2cccn2C)cn1. The Morgan fingerprint density at radius 3 is 2.95 bits per heavy atom. The lowest BCUT2D eigenvalue weighted by atomic mass is 10.1. The molecule has 3 heterocycles. The number of aromatic nitrogens is 3. The van der Waals surface area contributed by atoms with Crippen molar-refractivity contribution in [2.75, 3.05) is 19.6 Å². The van der Waals surface area contributed by atoms with Crippen LogP contribution in [0.25, 0.3) is 0 Å². The first-order chi connectivity index (χ1) is 9.66. The lowest BCUT2D eigenvalue weighted by Crippen LogP contribution is -2.49. The summed E-state index contributed by atoms with van der Waals surface area (Å²) in [5, 5.41) is 7.56. The fourth-order valence-corrected chi connectivity index (χ4v) is 2.69. The third kappa shape index (κ3) is 2.22. The van der Waals surface area contributed by atoms with Gasteiger partial charge >= 0.3 is 0 Å². The zero-order chi connectivity index (χ0) is 14.1. The molecular weight excluding hydrogens is 254 g/mol. The summed E-state index contributed by atoms with van der Waals surface area (Å²) in [5.74, 6) is 0.0767. The molecular formula is C14H19N5O. The summed E-state index contributed by atoms with van der Waals surface area (Å²) in [5.41, 5.74) is 1.79. The van der Waals surface area contributed by atoms with Gasteiger partial charge in [-0.3, -0.25) is 9.48 Å². The van der Waals surface area contributed by atoms with Crippen LogP contribution in [0.1, 0.15) is 22.1 Å². The maximum atomic E-state index is 12.7. The summed E-state index contributed by atoms with van der Waals surface area (Å²) in [4.78, 5) is 14.7. The second-order valence-electron chi connectivity index (χ2n) is 5.17. The second kappa shape index (κ2) is 5.13. The first kappa shape index (κ1) is 12.9. The Hall–Kier alpha value is -2.08. The third-order valence-electron chi connectivity index (χ3n) is 3.78. The molecule has 1 saturated heterocycles. The molecule has 0 aliphatic carbocycles. The number of nitrogens with one attached hydrogen (secondary N) is 1. The van der Waals surface area contributed by atoms with Crippen molar-refractivity contribution in [3.63, 3.8) is 0 Å². The molecule has 0 saturated carbocycles. The highest BCUT2D eigenvalue weighted by Crippen LogP contribution is 2.23. The first-order valence-electron chi connectivity index (χ1n) is 6.78. The molecule has 1 aliphatic rings. The number of amides is 1. The standard InChI is InChI=1S/C14H19N5O/c1-17-6-3-4-12(17)14(20)19-7-5-15-9-13(19)11-8-16-18(2)10-11/h3-4,6,8,10,13,15H,5,7,9H2,1-2H3. The molecule has 3 rings (SSSR count). The van der Waals surface area contributed by atoms with Gasteiger partial charge in [0, 0.05) is 51.7 Å². The van der Waals surface area contributed by atoms with Crippen molar-refractivity contribution in [3.8, 4) is 0 Å². The molecule has 1 fully saturated rings. The van der Waals surface area contributed by atoms with E-state index in [2.05, 4.69) is 10.4 Å². The molecule has 1 atom stereocenters. The fraction of sp³-hybridized carbons (Fsp3) is 0.429. The molecule has 0 spiro atoms. The van der Waals surface area contributed by atoms with Crippen molar-refractivity contribution in [1.82, 2.24) is 24.6 Å². The van der Waals surface area contributed by atoms with Crippen LogP contribution in [0.5, 0.6) is 0 Å². The van der Waals surface area contributed by atoms with Gasteiger partial charge in [0.1, 0.15) is 5.69 Å². The number of hydrogen-bond donors (Lipinski definition) is 1. The summed E-state index contributed by atoms with van der Waals surface area (Å²) in [7, 11) is 3.79. The van der Waals surface area contributed by atoms with E-state index in [-0.39, 0.29) is 11.9 Å². The van der Waals surface area contributed by atoms with E-state index in [0.717, 1.165) is 24.3 Å². The van der Waals surface area contributed by atoms with Crippen molar-refractivity contribution in [2.24, 2.45) is 14.1 Å². The minimum Gasteiger partial charge on any atom is -0.347 e. The molecule has 0 radical (unpaired) electrons. The van der Waals surface area contributed by atoms with Gasteiger partial charge in [0.05, 0.1) is 12.2 Å². The van der Waals surface area contributed by atoms with Gasteiger partial charge in [-0.1, -0.05) is 0 Å². The number of nitrogens with zero attached hydrogens (tertiary/aromatic N) is 4. The van der Waals surface area contributed by atoms with E-state index >= 15 is 0 Å². The van der Waals surface area contributed by atoms with E-state index in [0.29, 0.717) is 6.54 Å².